The summed E-state index contributed by atoms with van der Waals surface area (Å²) in [6, 6.07) is 4.58. The zero-order chi connectivity index (χ0) is 21.8. The summed E-state index contributed by atoms with van der Waals surface area (Å²) >= 11 is 6.56. The fraction of sp³-hybridized carbons (Fsp3) is 0.542. The van der Waals surface area contributed by atoms with Crippen LogP contribution in [0.1, 0.15) is 55.7 Å². The highest BCUT2D eigenvalue weighted by Gasteiger charge is 2.29. The van der Waals surface area contributed by atoms with Crippen molar-refractivity contribution in [3.8, 4) is 5.75 Å². The number of halogens is 1. The van der Waals surface area contributed by atoms with Gasteiger partial charge >= 0.3 is 6.09 Å². The second-order valence-electron chi connectivity index (χ2n) is 8.54. The molecule has 1 aromatic rings. The Kier molecular flexibility index (Phi) is 7.08. The first-order valence-corrected chi connectivity index (χ1v) is 11.6. The maximum absolute atomic E-state index is 11.6. The highest BCUT2D eigenvalue weighted by atomic mass is 35.5. The van der Waals surface area contributed by atoms with E-state index < -0.39 is 0 Å². The summed E-state index contributed by atoms with van der Waals surface area (Å²) in [5.41, 5.74) is 3.68. The third-order valence-corrected chi connectivity index (χ3v) is 6.64. The number of dihydropyridines is 1. The van der Waals surface area contributed by atoms with Crippen molar-refractivity contribution in [2.75, 3.05) is 33.4 Å². The monoisotopic (exact) mass is 445 g/mol. The number of carbonyl (C=O) groups is 1. The third-order valence-electron chi connectivity index (χ3n) is 6.23. The van der Waals surface area contributed by atoms with Crippen LogP contribution < -0.4 is 15.4 Å². The molecule has 2 fully saturated rings. The van der Waals surface area contributed by atoms with Gasteiger partial charge in [-0.25, -0.2) is 4.79 Å². The van der Waals surface area contributed by atoms with Gasteiger partial charge in [0.1, 0.15) is 5.75 Å². The average molecular weight is 446 g/mol. The van der Waals surface area contributed by atoms with Crippen LogP contribution in [0.3, 0.4) is 0 Å². The maximum atomic E-state index is 11.6. The second kappa shape index (κ2) is 9.96. The van der Waals surface area contributed by atoms with Crippen molar-refractivity contribution in [2.45, 2.75) is 50.6 Å². The molecule has 0 radical (unpaired) electrons. The van der Waals surface area contributed by atoms with E-state index in [1.807, 2.05) is 19.2 Å². The molecule has 2 N–H and O–H groups in total. The molecule has 1 unspecified atom stereocenters. The molecule has 168 valence electrons. The number of alkyl carbamates (subject to hydrolysis) is 1. The molecule has 1 amide bonds. The smallest absolute Gasteiger partial charge is 0.407 e. The van der Waals surface area contributed by atoms with E-state index in [2.05, 4.69) is 33.8 Å². The van der Waals surface area contributed by atoms with E-state index in [4.69, 9.17) is 21.1 Å². The zero-order valence-corrected chi connectivity index (χ0v) is 19.1. The van der Waals surface area contributed by atoms with E-state index in [0.29, 0.717) is 12.5 Å². The molecule has 0 spiro atoms. The normalized spacial score (nSPS) is 21.9. The van der Waals surface area contributed by atoms with Gasteiger partial charge in [-0.2, -0.15) is 0 Å². The fourth-order valence-corrected chi connectivity index (χ4v) is 4.71. The van der Waals surface area contributed by atoms with Crippen molar-refractivity contribution >= 4 is 17.7 Å². The summed E-state index contributed by atoms with van der Waals surface area (Å²) in [6.07, 6.45) is 10.5. The van der Waals surface area contributed by atoms with Gasteiger partial charge in [0.2, 0.25) is 0 Å². The lowest BCUT2D eigenvalue weighted by Gasteiger charge is -2.33. The summed E-state index contributed by atoms with van der Waals surface area (Å²) in [6.45, 7) is 5.05. The number of nitrogens with zero attached hydrogens (tertiary/aromatic N) is 1. The Morgan fingerprint density at radius 1 is 1.26 bits per heavy atom. The molecule has 1 aromatic carbocycles. The second-order valence-corrected chi connectivity index (χ2v) is 8.91. The van der Waals surface area contributed by atoms with Gasteiger partial charge in [0.05, 0.1) is 24.8 Å². The number of carbonyl (C=O) groups excluding carboxylic acids is 1. The molecule has 31 heavy (non-hydrogen) atoms. The fourth-order valence-electron chi connectivity index (χ4n) is 4.37. The zero-order valence-electron chi connectivity index (χ0n) is 18.3. The Morgan fingerprint density at radius 2 is 2.03 bits per heavy atom. The Hall–Kier alpha value is -2.18. The minimum atomic E-state index is -0.309. The van der Waals surface area contributed by atoms with Gasteiger partial charge in [0, 0.05) is 25.7 Å². The van der Waals surface area contributed by atoms with Gasteiger partial charge in [0.15, 0.2) is 0 Å². The van der Waals surface area contributed by atoms with E-state index in [1.165, 1.54) is 29.5 Å². The highest BCUT2D eigenvalue weighted by molar-refractivity contribution is 6.33. The van der Waals surface area contributed by atoms with Crippen molar-refractivity contribution in [1.29, 1.82) is 0 Å². The van der Waals surface area contributed by atoms with Crippen molar-refractivity contribution in [1.82, 2.24) is 15.5 Å². The number of piperidine rings is 1. The Labute approximate surface area is 189 Å². The van der Waals surface area contributed by atoms with E-state index in [0.717, 1.165) is 43.2 Å². The Bertz CT molecular complexity index is 858. The molecular formula is C24H32ClN3O3. The van der Waals surface area contributed by atoms with Crippen LogP contribution in [-0.2, 0) is 4.74 Å². The number of amides is 1. The average Bonchev–Trinajstić information content (AvgIpc) is 3.61. The number of hydrogen-bond acceptors (Lipinski definition) is 5. The van der Waals surface area contributed by atoms with Crippen LogP contribution in [0, 0.1) is 0 Å². The minimum absolute atomic E-state index is 0.103. The minimum Gasteiger partial charge on any atom is -0.495 e. The lowest BCUT2D eigenvalue weighted by atomic mass is 9.97. The molecule has 7 heteroatoms. The molecule has 4 rings (SSSR count). The third kappa shape index (κ3) is 5.55. The number of nitrogens with one attached hydrogen (secondary N) is 2. The van der Waals surface area contributed by atoms with Crippen LogP contribution in [-0.4, -0.2) is 50.4 Å². The van der Waals surface area contributed by atoms with Crippen molar-refractivity contribution in [3.63, 3.8) is 0 Å². The van der Waals surface area contributed by atoms with Gasteiger partial charge in [-0.05, 0) is 73.6 Å². The summed E-state index contributed by atoms with van der Waals surface area (Å²) in [4.78, 5) is 14.1. The van der Waals surface area contributed by atoms with E-state index in [-0.39, 0.29) is 18.2 Å². The van der Waals surface area contributed by atoms with Crippen LogP contribution in [0.2, 0.25) is 5.02 Å². The van der Waals surface area contributed by atoms with E-state index >= 15 is 0 Å². The molecular weight excluding hydrogens is 414 g/mol. The van der Waals surface area contributed by atoms with Crippen molar-refractivity contribution < 1.29 is 14.3 Å². The topological polar surface area (TPSA) is 62.8 Å². The quantitative estimate of drug-likeness (QED) is 0.646. The van der Waals surface area contributed by atoms with Crippen LogP contribution in [0.5, 0.6) is 5.75 Å². The number of likely N-dealkylation sites (tertiary alicyclic amines) is 1. The van der Waals surface area contributed by atoms with Crippen LogP contribution >= 0.6 is 11.6 Å². The van der Waals surface area contributed by atoms with E-state index in [1.54, 1.807) is 7.11 Å². The van der Waals surface area contributed by atoms with Crippen LogP contribution in [0.15, 0.2) is 36.1 Å². The van der Waals surface area contributed by atoms with E-state index in [9.17, 15) is 4.79 Å². The molecule has 6 nitrogen and oxygen atoms in total. The molecule has 3 aliphatic rings. The van der Waals surface area contributed by atoms with Gasteiger partial charge < -0.3 is 20.1 Å². The van der Waals surface area contributed by atoms with Gasteiger partial charge in [-0.1, -0.05) is 23.7 Å². The number of rotatable bonds is 7. The summed E-state index contributed by atoms with van der Waals surface area (Å²) in [5, 5.41) is 7.18. The van der Waals surface area contributed by atoms with Gasteiger partial charge in [-0.3, -0.25) is 4.90 Å². The summed E-state index contributed by atoms with van der Waals surface area (Å²) in [5.74, 6) is 1.32. The van der Waals surface area contributed by atoms with Gasteiger partial charge in [-0.15, -0.1) is 0 Å². The summed E-state index contributed by atoms with van der Waals surface area (Å²) < 4.78 is 10.5. The predicted molar refractivity (Wildman–Crippen MR) is 123 cm³/mol. The molecule has 1 atom stereocenters. The largest absolute Gasteiger partial charge is 0.495 e. The van der Waals surface area contributed by atoms with Crippen molar-refractivity contribution in [2.24, 2.45) is 0 Å². The lowest BCUT2D eigenvalue weighted by Crippen LogP contribution is -2.45. The standard InChI is InChI=1S/C24H32ClN3O3/c1-3-31-24(29)27-19-7-10-28(11-8-19)15-16-6-9-26-21(12-16)18-13-20(17-4-5-17)23(25)22(14-18)30-2/h6,9,12-14,17,19,21,26H,3-5,7-8,10-11,15H2,1-2H3,(H,27,29). The molecule has 2 heterocycles. The number of methoxy groups -OCH3 is 1. The summed E-state index contributed by atoms with van der Waals surface area (Å²) in [7, 11) is 1.68. The Balaban J connectivity index is 1.38. The first-order chi connectivity index (χ1) is 15.1. The first-order valence-electron chi connectivity index (χ1n) is 11.2. The molecule has 1 aliphatic carbocycles. The van der Waals surface area contributed by atoms with Crippen LogP contribution in [0.4, 0.5) is 4.79 Å². The van der Waals surface area contributed by atoms with Crippen LogP contribution in [0.25, 0.3) is 0 Å². The maximum Gasteiger partial charge on any atom is 0.407 e. The Morgan fingerprint density at radius 3 is 2.71 bits per heavy atom. The molecule has 0 aromatic heterocycles. The molecule has 1 saturated carbocycles. The van der Waals surface area contributed by atoms with Gasteiger partial charge in [0.25, 0.3) is 0 Å². The molecule has 0 bridgehead atoms. The SMILES string of the molecule is CCOC(=O)NC1CCN(CC2=CC(c3cc(OC)c(Cl)c(C4CC4)c3)NC=C2)CC1. The predicted octanol–water partition coefficient (Wildman–Crippen LogP) is 4.52. The molecule has 1 saturated heterocycles. The number of benzene rings is 1. The highest BCUT2D eigenvalue weighted by Crippen LogP contribution is 2.47. The van der Waals surface area contributed by atoms with Crippen molar-refractivity contribution in [3.05, 3.63) is 52.2 Å². The number of hydrogen-bond donors (Lipinski definition) is 2. The number of ether oxygens (including phenoxy) is 2. The lowest BCUT2D eigenvalue weighted by molar-refractivity contribution is 0.138. The first kappa shape index (κ1) is 22.0. The molecule has 2 aliphatic heterocycles.